The zero-order chi connectivity index (χ0) is 37.9. The van der Waals surface area contributed by atoms with Crippen LogP contribution in [0.15, 0.2) is 206 Å². The van der Waals surface area contributed by atoms with Gasteiger partial charge in [-0.25, -0.2) is 0 Å². The maximum absolute atomic E-state index is 2.63. The van der Waals surface area contributed by atoms with Crippen LogP contribution < -0.4 is 0 Å². The molecule has 14 rings (SSSR count). The predicted octanol–water partition coefficient (Wildman–Crippen LogP) is 14.2. The number of hydrogen-bond acceptors (Lipinski definition) is 0. The van der Waals surface area contributed by atoms with Crippen LogP contribution in [0.5, 0.6) is 0 Å². The first-order valence-electron chi connectivity index (χ1n) is 20.3. The summed E-state index contributed by atoms with van der Waals surface area (Å²) >= 11 is 0. The van der Waals surface area contributed by atoms with E-state index in [0.29, 0.717) is 0 Å². The molecule has 2 bridgehead atoms. The molecule has 2 heteroatoms. The molecule has 9 aromatic carbocycles. The third kappa shape index (κ3) is 4.27. The van der Waals surface area contributed by atoms with Gasteiger partial charge in [0.25, 0.3) is 0 Å². The second-order valence-corrected chi connectivity index (χ2v) is 15.9. The first-order valence-corrected chi connectivity index (χ1v) is 20.3. The Morgan fingerprint density at radius 2 is 0.741 bits per heavy atom. The van der Waals surface area contributed by atoms with E-state index in [9.17, 15) is 0 Å². The van der Waals surface area contributed by atoms with Crippen LogP contribution in [0.3, 0.4) is 0 Å². The zero-order valence-corrected chi connectivity index (χ0v) is 31.7. The average Bonchev–Trinajstić information content (AvgIpc) is 3.82. The summed E-state index contributed by atoms with van der Waals surface area (Å²) in [7, 11) is 0. The quantitative estimate of drug-likeness (QED) is 0.170. The number of nitrogens with zero attached hydrogens (tertiary/aromatic N) is 2. The van der Waals surface area contributed by atoms with E-state index in [1.54, 1.807) is 0 Å². The highest BCUT2D eigenvalue weighted by molar-refractivity contribution is 6.24. The zero-order valence-electron chi connectivity index (χ0n) is 31.7. The Balaban J connectivity index is 1.18. The lowest BCUT2D eigenvalue weighted by atomic mass is 9.59. The van der Waals surface area contributed by atoms with Crippen LogP contribution in [0, 0.1) is 0 Å². The van der Waals surface area contributed by atoms with Crippen molar-refractivity contribution in [2.75, 3.05) is 0 Å². The molecular formula is C56H36N2. The summed E-state index contributed by atoms with van der Waals surface area (Å²) in [6.45, 7) is 0. The molecule has 2 heterocycles. The van der Waals surface area contributed by atoms with Crippen molar-refractivity contribution in [2.24, 2.45) is 0 Å². The fourth-order valence-corrected chi connectivity index (χ4v) is 10.8. The molecule has 0 unspecified atom stereocenters. The van der Waals surface area contributed by atoms with Crippen LogP contribution in [0.1, 0.15) is 45.2 Å². The molecule has 3 aliphatic rings. The fourth-order valence-electron chi connectivity index (χ4n) is 10.8. The van der Waals surface area contributed by atoms with Gasteiger partial charge in [0.15, 0.2) is 0 Å². The normalized spacial score (nSPS) is 15.2. The molecule has 0 amide bonds. The van der Waals surface area contributed by atoms with E-state index in [-0.39, 0.29) is 11.8 Å². The highest BCUT2D eigenvalue weighted by Crippen LogP contribution is 2.59. The molecule has 0 spiro atoms. The molecule has 0 fully saturated rings. The Bertz CT molecular complexity index is 3390. The van der Waals surface area contributed by atoms with Crippen molar-refractivity contribution in [3.05, 3.63) is 240 Å². The van der Waals surface area contributed by atoms with E-state index in [4.69, 9.17) is 0 Å². The van der Waals surface area contributed by atoms with E-state index in [2.05, 4.69) is 215 Å². The number of hydrogen-bond donors (Lipinski definition) is 0. The average molecular weight is 737 g/mol. The van der Waals surface area contributed by atoms with Gasteiger partial charge in [-0.3, -0.25) is 0 Å². The van der Waals surface area contributed by atoms with E-state index in [0.717, 1.165) is 5.69 Å². The van der Waals surface area contributed by atoms with Crippen molar-refractivity contribution < 1.29 is 0 Å². The van der Waals surface area contributed by atoms with Gasteiger partial charge in [-0.15, -0.1) is 0 Å². The van der Waals surface area contributed by atoms with E-state index in [1.165, 1.54) is 105 Å². The topological polar surface area (TPSA) is 9.86 Å². The lowest BCUT2D eigenvalue weighted by Crippen LogP contribution is -2.29. The van der Waals surface area contributed by atoms with E-state index in [1.807, 2.05) is 0 Å². The molecule has 2 aromatic heterocycles. The summed E-state index contributed by atoms with van der Waals surface area (Å²) < 4.78 is 5.14. The second-order valence-electron chi connectivity index (χ2n) is 15.9. The number of fused-ring (bicyclic) bond motifs is 7. The molecule has 270 valence electrons. The molecule has 0 radical (unpaired) electrons. The summed E-state index contributed by atoms with van der Waals surface area (Å²) in [4.78, 5) is 0. The SMILES string of the molecule is c1ccc(-c2ccc(-n3c4ccccc4c4ccc5c6ccccc6n(-c6ccc(-c7ccccc7)c7c6C6c8ccccc8C7c7ccccc76)c5c43)cc2)cc1. The largest absolute Gasteiger partial charge is 0.307 e. The minimum Gasteiger partial charge on any atom is -0.307 e. The lowest BCUT2D eigenvalue weighted by Gasteiger charge is -2.44. The van der Waals surface area contributed by atoms with Crippen molar-refractivity contribution in [3.8, 4) is 33.6 Å². The van der Waals surface area contributed by atoms with Gasteiger partial charge in [-0.05, 0) is 86.0 Å². The second kappa shape index (κ2) is 12.0. The summed E-state index contributed by atoms with van der Waals surface area (Å²) in [5.74, 6) is 0.225. The first-order chi connectivity index (χ1) is 28.8. The highest BCUT2D eigenvalue weighted by Gasteiger charge is 2.44. The molecule has 58 heavy (non-hydrogen) atoms. The number of aromatic nitrogens is 2. The van der Waals surface area contributed by atoms with Crippen LogP contribution in [-0.2, 0) is 0 Å². The molecular weight excluding hydrogens is 701 g/mol. The standard InChI is InChI=1S/C56H36N2/c1-3-15-35(16-4-1)36-27-29-38(30-28-36)57-48-25-13-11-19-40(48)46-31-32-47-41-20-12-14-26-49(41)58(56(47)55(46)57)50-34-33-39(37-17-5-2-6-18-37)53-51-42-21-7-9-23-44(42)52(54(50)53)45-24-10-8-22-43(45)51/h1-34,51-52H. The molecule has 11 aromatic rings. The monoisotopic (exact) mass is 736 g/mol. The molecule has 2 nitrogen and oxygen atoms in total. The van der Waals surface area contributed by atoms with Crippen molar-refractivity contribution in [1.82, 2.24) is 9.13 Å². The van der Waals surface area contributed by atoms with Gasteiger partial charge < -0.3 is 9.13 Å². The van der Waals surface area contributed by atoms with Gasteiger partial charge in [0.1, 0.15) is 0 Å². The van der Waals surface area contributed by atoms with Gasteiger partial charge in [0.2, 0.25) is 0 Å². The minimum atomic E-state index is 0.0952. The number of rotatable bonds is 4. The Kier molecular flexibility index (Phi) is 6.59. The number of para-hydroxylation sites is 2. The van der Waals surface area contributed by atoms with Crippen LogP contribution >= 0.6 is 0 Å². The summed E-state index contributed by atoms with van der Waals surface area (Å²) in [6, 6.07) is 76.8. The van der Waals surface area contributed by atoms with Gasteiger partial charge in [-0.1, -0.05) is 176 Å². The number of benzene rings is 9. The lowest BCUT2D eigenvalue weighted by molar-refractivity contribution is 0.750. The highest BCUT2D eigenvalue weighted by atomic mass is 15.0. The maximum Gasteiger partial charge on any atom is 0.0789 e. The molecule has 0 atom stereocenters. The van der Waals surface area contributed by atoms with Crippen LogP contribution in [0.25, 0.3) is 77.2 Å². The Hall–Kier alpha value is -7.42. The summed E-state index contributed by atoms with van der Waals surface area (Å²) in [5, 5.41) is 5.03. The van der Waals surface area contributed by atoms with Gasteiger partial charge >= 0.3 is 0 Å². The molecule has 0 saturated carbocycles. The third-order valence-electron chi connectivity index (χ3n) is 13.1. The summed E-state index contributed by atoms with van der Waals surface area (Å²) in [6.07, 6.45) is 0. The fraction of sp³-hybridized carbons (Fsp3) is 0.0357. The van der Waals surface area contributed by atoms with Crippen molar-refractivity contribution in [3.63, 3.8) is 0 Å². The molecule has 0 saturated heterocycles. The molecule has 3 aliphatic carbocycles. The van der Waals surface area contributed by atoms with Gasteiger partial charge in [0, 0.05) is 39.1 Å². The van der Waals surface area contributed by atoms with Crippen molar-refractivity contribution >= 4 is 43.6 Å². The Morgan fingerprint density at radius 3 is 1.33 bits per heavy atom. The van der Waals surface area contributed by atoms with Crippen LogP contribution in [0.2, 0.25) is 0 Å². The molecule has 0 aliphatic heterocycles. The van der Waals surface area contributed by atoms with Crippen molar-refractivity contribution in [1.29, 1.82) is 0 Å². The van der Waals surface area contributed by atoms with Gasteiger partial charge in [-0.2, -0.15) is 0 Å². The maximum atomic E-state index is 2.63. The Morgan fingerprint density at radius 1 is 0.293 bits per heavy atom. The van der Waals surface area contributed by atoms with Crippen LogP contribution in [0.4, 0.5) is 0 Å². The first kappa shape index (κ1) is 31.7. The summed E-state index contributed by atoms with van der Waals surface area (Å²) in [5.41, 5.74) is 20.8. The smallest absolute Gasteiger partial charge is 0.0789 e. The van der Waals surface area contributed by atoms with Crippen LogP contribution in [-0.4, -0.2) is 9.13 Å². The third-order valence-corrected chi connectivity index (χ3v) is 13.1. The van der Waals surface area contributed by atoms with E-state index >= 15 is 0 Å². The van der Waals surface area contributed by atoms with Gasteiger partial charge in [0.05, 0.1) is 27.8 Å². The van der Waals surface area contributed by atoms with Crippen molar-refractivity contribution in [2.45, 2.75) is 11.8 Å². The van der Waals surface area contributed by atoms with E-state index < -0.39 is 0 Å². The molecule has 0 N–H and O–H groups in total. The predicted molar refractivity (Wildman–Crippen MR) is 241 cm³/mol. The minimum absolute atomic E-state index is 0.0952. The Labute approximate surface area is 336 Å².